The van der Waals surface area contributed by atoms with Crippen molar-refractivity contribution in [3.8, 4) is 0 Å². The predicted octanol–water partition coefficient (Wildman–Crippen LogP) is 4.25. The molecule has 1 amide bonds. The summed E-state index contributed by atoms with van der Waals surface area (Å²) in [6, 6.07) is 12.2. The lowest BCUT2D eigenvalue weighted by atomic mass is 10.1. The number of pyridine rings is 1. The van der Waals surface area contributed by atoms with E-state index in [2.05, 4.69) is 34.7 Å². The highest BCUT2D eigenvalue weighted by Crippen LogP contribution is 2.34. The number of fused-ring (bicyclic) bond motifs is 1. The van der Waals surface area contributed by atoms with E-state index in [4.69, 9.17) is 9.47 Å². The molecule has 1 aromatic carbocycles. The average molecular weight is 465 g/mol. The Morgan fingerprint density at radius 1 is 1.26 bits per heavy atom. The molecule has 1 aliphatic rings. The third-order valence-corrected chi connectivity index (χ3v) is 6.09. The van der Waals surface area contributed by atoms with Gasteiger partial charge < -0.3 is 24.7 Å². The van der Waals surface area contributed by atoms with Gasteiger partial charge in [0.1, 0.15) is 5.65 Å². The van der Waals surface area contributed by atoms with Gasteiger partial charge in [0.15, 0.2) is 5.69 Å². The second kappa shape index (κ2) is 11.2. The smallest absolute Gasteiger partial charge is 0.356 e. The van der Waals surface area contributed by atoms with Crippen molar-refractivity contribution < 1.29 is 19.1 Å². The van der Waals surface area contributed by atoms with Gasteiger partial charge in [0.05, 0.1) is 37.2 Å². The molecule has 4 rings (SSSR count). The van der Waals surface area contributed by atoms with Crippen LogP contribution in [-0.2, 0) is 27.2 Å². The molecule has 2 N–H and O–H groups in total. The minimum atomic E-state index is -0.501. The maximum Gasteiger partial charge on any atom is 0.356 e. The molecule has 0 spiro atoms. The zero-order valence-corrected chi connectivity index (χ0v) is 19.8. The van der Waals surface area contributed by atoms with E-state index in [1.807, 2.05) is 28.8 Å². The number of nitrogens with zero attached hydrogens (tertiary/aromatic N) is 2. The molecular weight excluding hydrogens is 432 g/mol. The van der Waals surface area contributed by atoms with Crippen LogP contribution in [-0.4, -0.2) is 48.3 Å². The van der Waals surface area contributed by atoms with Crippen LogP contribution >= 0.6 is 0 Å². The second-order valence-electron chi connectivity index (χ2n) is 8.53. The van der Waals surface area contributed by atoms with Crippen molar-refractivity contribution in [1.82, 2.24) is 9.55 Å². The minimum absolute atomic E-state index is 0.155. The van der Waals surface area contributed by atoms with Crippen molar-refractivity contribution in [3.05, 3.63) is 53.9 Å². The molecule has 1 aliphatic heterocycles. The Kier molecular flexibility index (Phi) is 7.80. The van der Waals surface area contributed by atoms with Gasteiger partial charge in [-0.1, -0.05) is 37.3 Å². The van der Waals surface area contributed by atoms with E-state index < -0.39 is 5.97 Å². The molecule has 2 aromatic heterocycles. The first-order valence-electron chi connectivity index (χ1n) is 11.9. The van der Waals surface area contributed by atoms with E-state index in [1.165, 1.54) is 12.7 Å². The fraction of sp³-hybridized carbons (Fsp3) is 0.423. The Balaban J connectivity index is 1.72. The summed E-state index contributed by atoms with van der Waals surface area (Å²) in [6.45, 7) is 4.41. The fourth-order valence-electron chi connectivity index (χ4n) is 4.30. The van der Waals surface area contributed by atoms with Gasteiger partial charge >= 0.3 is 5.97 Å². The summed E-state index contributed by atoms with van der Waals surface area (Å²) in [6.07, 6.45) is 5.06. The van der Waals surface area contributed by atoms with Gasteiger partial charge in [0.2, 0.25) is 5.91 Å². The molecule has 3 heterocycles. The molecule has 0 saturated carbocycles. The Hall–Kier alpha value is -3.39. The molecule has 1 saturated heterocycles. The number of carbonyl (C=O) groups is 2. The number of ether oxygens (including phenoxy) is 2. The number of esters is 1. The monoisotopic (exact) mass is 464 g/mol. The first-order valence-corrected chi connectivity index (χ1v) is 11.9. The van der Waals surface area contributed by atoms with Gasteiger partial charge in [0.25, 0.3) is 0 Å². The highest BCUT2D eigenvalue weighted by atomic mass is 16.5. The molecule has 8 nitrogen and oxygen atoms in total. The van der Waals surface area contributed by atoms with E-state index >= 15 is 0 Å². The topological polar surface area (TPSA) is 94.5 Å². The third kappa shape index (κ3) is 5.22. The normalized spacial score (nSPS) is 15.4. The molecule has 0 unspecified atom stereocenters. The number of hydrogen-bond acceptors (Lipinski definition) is 6. The highest BCUT2D eigenvalue weighted by molar-refractivity contribution is 6.11. The Morgan fingerprint density at radius 3 is 2.79 bits per heavy atom. The largest absolute Gasteiger partial charge is 0.464 e. The Morgan fingerprint density at radius 2 is 2.09 bits per heavy atom. The number of benzene rings is 1. The SMILES string of the molecule is CCCNc1cnc2c(c1)c(NC(=O)[C@@H]1CCOC1)c(C(=O)OC)n2CCCc1ccccc1. The van der Waals surface area contributed by atoms with Crippen LogP contribution < -0.4 is 10.6 Å². The lowest BCUT2D eigenvalue weighted by Gasteiger charge is -2.12. The maximum atomic E-state index is 13.0. The average Bonchev–Trinajstić information content (AvgIpc) is 3.50. The van der Waals surface area contributed by atoms with Crippen LogP contribution in [0.2, 0.25) is 0 Å². The summed E-state index contributed by atoms with van der Waals surface area (Å²) in [5.74, 6) is -0.895. The van der Waals surface area contributed by atoms with Crippen LogP contribution in [0.5, 0.6) is 0 Å². The Bertz CT molecular complexity index is 1140. The van der Waals surface area contributed by atoms with Gasteiger partial charge in [0, 0.05) is 25.1 Å². The van der Waals surface area contributed by atoms with Crippen molar-refractivity contribution in [2.45, 2.75) is 39.2 Å². The first-order chi connectivity index (χ1) is 16.6. The number of anilines is 2. The van der Waals surface area contributed by atoms with Crippen LogP contribution in [0.3, 0.4) is 0 Å². The van der Waals surface area contributed by atoms with Crippen LogP contribution in [0.15, 0.2) is 42.6 Å². The lowest BCUT2D eigenvalue weighted by molar-refractivity contribution is -0.119. The van der Waals surface area contributed by atoms with E-state index in [9.17, 15) is 9.59 Å². The lowest BCUT2D eigenvalue weighted by Crippen LogP contribution is -2.24. The predicted molar refractivity (Wildman–Crippen MR) is 132 cm³/mol. The van der Waals surface area contributed by atoms with E-state index in [-0.39, 0.29) is 11.8 Å². The summed E-state index contributed by atoms with van der Waals surface area (Å²) < 4.78 is 12.4. The third-order valence-electron chi connectivity index (χ3n) is 6.09. The number of amides is 1. The first kappa shape index (κ1) is 23.8. The van der Waals surface area contributed by atoms with Crippen LogP contribution in [0.1, 0.15) is 42.2 Å². The van der Waals surface area contributed by atoms with Crippen molar-refractivity contribution in [2.75, 3.05) is 37.5 Å². The standard InChI is InChI=1S/C26H32N4O4/c1-3-12-27-20-15-21-22(29-25(31)19-11-14-34-17-19)23(26(32)33-2)30(24(21)28-16-20)13-7-10-18-8-5-4-6-9-18/h4-6,8-9,15-16,19,27H,3,7,10-14,17H2,1-2H3,(H,29,31)/t19-/m1/s1. The quantitative estimate of drug-likeness (QED) is 0.436. The second-order valence-corrected chi connectivity index (χ2v) is 8.53. The van der Waals surface area contributed by atoms with Crippen LogP contribution in [0, 0.1) is 5.92 Å². The summed E-state index contributed by atoms with van der Waals surface area (Å²) in [7, 11) is 1.35. The molecule has 1 fully saturated rings. The van der Waals surface area contributed by atoms with Gasteiger partial charge in [-0.2, -0.15) is 0 Å². The van der Waals surface area contributed by atoms with E-state index in [0.717, 1.165) is 31.5 Å². The molecule has 1 atom stereocenters. The fourth-order valence-corrected chi connectivity index (χ4v) is 4.30. The van der Waals surface area contributed by atoms with E-state index in [0.29, 0.717) is 48.6 Å². The molecule has 0 radical (unpaired) electrons. The number of rotatable bonds is 10. The van der Waals surface area contributed by atoms with Crippen molar-refractivity contribution in [2.24, 2.45) is 5.92 Å². The summed E-state index contributed by atoms with van der Waals surface area (Å²) in [5.41, 5.74) is 3.48. The summed E-state index contributed by atoms with van der Waals surface area (Å²) in [4.78, 5) is 30.6. The molecule has 0 aliphatic carbocycles. The van der Waals surface area contributed by atoms with Gasteiger partial charge in [-0.15, -0.1) is 0 Å². The highest BCUT2D eigenvalue weighted by Gasteiger charge is 2.29. The number of aromatic nitrogens is 2. The Labute approximate surface area is 199 Å². The number of carbonyl (C=O) groups excluding carboxylic acids is 2. The number of hydrogen-bond donors (Lipinski definition) is 2. The van der Waals surface area contributed by atoms with Crippen molar-refractivity contribution in [1.29, 1.82) is 0 Å². The zero-order valence-electron chi connectivity index (χ0n) is 19.8. The van der Waals surface area contributed by atoms with Gasteiger partial charge in [-0.25, -0.2) is 9.78 Å². The molecule has 8 heteroatoms. The molecular formula is C26H32N4O4. The number of methoxy groups -OCH3 is 1. The number of aryl methyl sites for hydroxylation is 2. The van der Waals surface area contributed by atoms with Crippen LogP contribution in [0.25, 0.3) is 11.0 Å². The number of nitrogens with one attached hydrogen (secondary N) is 2. The maximum absolute atomic E-state index is 13.0. The van der Waals surface area contributed by atoms with Crippen LogP contribution in [0.4, 0.5) is 11.4 Å². The molecule has 0 bridgehead atoms. The molecule has 34 heavy (non-hydrogen) atoms. The molecule has 180 valence electrons. The van der Waals surface area contributed by atoms with Crippen molar-refractivity contribution >= 4 is 34.3 Å². The van der Waals surface area contributed by atoms with Gasteiger partial charge in [-0.3, -0.25) is 4.79 Å². The zero-order chi connectivity index (χ0) is 23.9. The summed E-state index contributed by atoms with van der Waals surface area (Å²) >= 11 is 0. The van der Waals surface area contributed by atoms with E-state index in [1.54, 1.807) is 6.20 Å². The minimum Gasteiger partial charge on any atom is -0.464 e. The van der Waals surface area contributed by atoms with Crippen molar-refractivity contribution in [3.63, 3.8) is 0 Å². The molecule has 3 aromatic rings. The van der Waals surface area contributed by atoms with Gasteiger partial charge in [-0.05, 0) is 37.3 Å². The summed E-state index contributed by atoms with van der Waals surface area (Å²) in [5, 5.41) is 7.07.